The highest BCUT2D eigenvalue weighted by atomic mass is 16.5. The van der Waals surface area contributed by atoms with E-state index in [9.17, 15) is 9.90 Å². The van der Waals surface area contributed by atoms with Crippen molar-refractivity contribution < 1.29 is 14.6 Å². The second-order valence-corrected chi connectivity index (χ2v) is 4.60. The van der Waals surface area contributed by atoms with Gasteiger partial charge in [0.05, 0.1) is 12.7 Å². The average Bonchev–Trinajstić information content (AvgIpc) is 2.12. The number of carbonyl (C=O) groups is 1. The Morgan fingerprint density at radius 1 is 1.71 bits per heavy atom. The van der Waals surface area contributed by atoms with Crippen LogP contribution in [0.1, 0.15) is 26.7 Å². The summed E-state index contributed by atoms with van der Waals surface area (Å²) in [6, 6.07) is 0. The van der Waals surface area contributed by atoms with Crippen LogP contribution in [0.15, 0.2) is 12.2 Å². The highest BCUT2D eigenvalue weighted by molar-refractivity contribution is 5.37. The average molecular weight is 198 g/mol. The fourth-order valence-electron chi connectivity index (χ4n) is 2.07. The molecule has 14 heavy (non-hydrogen) atoms. The largest absolute Gasteiger partial charge is 0.467 e. The number of carbonyl (C=O) groups excluding carboxylic acids is 1. The Morgan fingerprint density at radius 3 is 2.93 bits per heavy atom. The number of rotatable bonds is 3. The maximum absolute atomic E-state index is 10.1. The van der Waals surface area contributed by atoms with Gasteiger partial charge in [0.15, 0.2) is 0 Å². The maximum Gasteiger partial charge on any atom is 0.293 e. The molecular formula is C11H18O3. The van der Waals surface area contributed by atoms with E-state index in [2.05, 4.69) is 20.4 Å². The molecule has 1 N–H and O–H groups in total. The molecule has 0 aromatic heterocycles. The predicted molar refractivity (Wildman–Crippen MR) is 53.7 cm³/mol. The summed E-state index contributed by atoms with van der Waals surface area (Å²) in [4.78, 5) is 10.1. The molecule has 0 unspecified atom stereocenters. The van der Waals surface area contributed by atoms with Crippen LogP contribution in [0, 0.1) is 11.3 Å². The summed E-state index contributed by atoms with van der Waals surface area (Å²) >= 11 is 0. The van der Waals surface area contributed by atoms with Crippen molar-refractivity contribution >= 4 is 6.47 Å². The summed E-state index contributed by atoms with van der Waals surface area (Å²) in [6.45, 7) is 8.88. The van der Waals surface area contributed by atoms with Gasteiger partial charge in [0.25, 0.3) is 6.47 Å². The van der Waals surface area contributed by atoms with E-state index >= 15 is 0 Å². The molecule has 0 aromatic carbocycles. The van der Waals surface area contributed by atoms with Gasteiger partial charge in [0.2, 0.25) is 0 Å². The third kappa shape index (κ3) is 2.15. The van der Waals surface area contributed by atoms with E-state index in [1.807, 2.05) is 0 Å². The first-order valence-corrected chi connectivity index (χ1v) is 4.91. The predicted octanol–water partition coefficient (Wildman–Crippen LogP) is 1.51. The molecule has 0 aliphatic heterocycles. The second kappa shape index (κ2) is 4.13. The first-order chi connectivity index (χ1) is 6.49. The topological polar surface area (TPSA) is 46.5 Å². The minimum atomic E-state index is -0.441. The fourth-order valence-corrected chi connectivity index (χ4v) is 2.07. The van der Waals surface area contributed by atoms with Crippen LogP contribution in [0.25, 0.3) is 0 Å². The highest BCUT2D eigenvalue weighted by Gasteiger charge is 2.38. The number of aliphatic hydroxyl groups excluding tert-OH is 1. The molecule has 0 saturated heterocycles. The van der Waals surface area contributed by atoms with Crippen molar-refractivity contribution in [2.45, 2.75) is 32.8 Å². The van der Waals surface area contributed by atoms with Crippen molar-refractivity contribution in [3.05, 3.63) is 12.2 Å². The van der Waals surface area contributed by atoms with Crippen LogP contribution in [-0.4, -0.2) is 24.3 Å². The molecule has 1 saturated carbocycles. The van der Waals surface area contributed by atoms with E-state index in [0.29, 0.717) is 13.1 Å². The lowest BCUT2D eigenvalue weighted by Crippen LogP contribution is -2.38. The Kier molecular flexibility index (Phi) is 3.32. The SMILES string of the molecule is C=C1[C@H](O)CCC(C)(C)[C@@H]1COC=O. The lowest BCUT2D eigenvalue weighted by atomic mass is 9.66. The quantitative estimate of drug-likeness (QED) is 0.552. The molecule has 80 valence electrons. The molecule has 3 heteroatoms. The van der Waals surface area contributed by atoms with Crippen LogP contribution in [0.3, 0.4) is 0 Å². The molecule has 1 fully saturated rings. The number of ether oxygens (including phenoxy) is 1. The highest BCUT2D eigenvalue weighted by Crippen LogP contribution is 2.43. The molecule has 3 nitrogen and oxygen atoms in total. The van der Waals surface area contributed by atoms with Crippen LogP contribution in [-0.2, 0) is 9.53 Å². The summed E-state index contributed by atoms with van der Waals surface area (Å²) in [5, 5.41) is 9.64. The van der Waals surface area contributed by atoms with Crippen LogP contribution >= 0.6 is 0 Å². The van der Waals surface area contributed by atoms with E-state index in [-0.39, 0.29) is 11.3 Å². The van der Waals surface area contributed by atoms with Gasteiger partial charge in [-0.3, -0.25) is 4.79 Å². The molecule has 0 heterocycles. The van der Waals surface area contributed by atoms with Crippen LogP contribution in [0.2, 0.25) is 0 Å². The summed E-state index contributed by atoms with van der Waals surface area (Å²) in [5.74, 6) is 0.0662. The van der Waals surface area contributed by atoms with Crippen LogP contribution in [0.4, 0.5) is 0 Å². The maximum atomic E-state index is 10.1. The first kappa shape index (κ1) is 11.2. The van der Waals surface area contributed by atoms with Crippen molar-refractivity contribution in [3.8, 4) is 0 Å². The normalized spacial score (nSPS) is 31.2. The molecule has 0 amide bonds. The van der Waals surface area contributed by atoms with Gasteiger partial charge in [-0.2, -0.15) is 0 Å². The molecule has 0 radical (unpaired) electrons. The van der Waals surface area contributed by atoms with Gasteiger partial charge in [-0.25, -0.2) is 0 Å². The van der Waals surface area contributed by atoms with Crippen molar-refractivity contribution in [2.75, 3.05) is 6.61 Å². The minimum absolute atomic E-state index is 0.0549. The van der Waals surface area contributed by atoms with Gasteiger partial charge in [-0.1, -0.05) is 20.4 Å². The molecule has 1 aliphatic rings. The Balaban J connectivity index is 2.72. The van der Waals surface area contributed by atoms with E-state index in [1.165, 1.54) is 0 Å². The van der Waals surface area contributed by atoms with Gasteiger partial charge >= 0.3 is 0 Å². The van der Waals surface area contributed by atoms with Gasteiger partial charge in [0, 0.05) is 5.92 Å². The summed E-state index contributed by atoms with van der Waals surface area (Å²) in [6.07, 6.45) is 1.24. The number of hydrogen-bond acceptors (Lipinski definition) is 3. The molecule has 0 spiro atoms. The van der Waals surface area contributed by atoms with E-state index in [0.717, 1.165) is 18.4 Å². The first-order valence-electron chi connectivity index (χ1n) is 4.91. The van der Waals surface area contributed by atoms with Crippen molar-refractivity contribution in [1.29, 1.82) is 0 Å². The zero-order valence-electron chi connectivity index (χ0n) is 8.82. The Bertz CT molecular complexity index is 233. The van der Waals surface area contributed by atoms with Gasteiger partial charge in [0.1, 0.15) is 0 Å². The van der Waals surface area contributed by atoms with Gasteiger partial charge in [-0.15, -0.1) is 0 Å². The standard InChI is InChI=1S/C11H18O3/c1-8-9(6-14-7-12)11(2,3)5-4-10(8)13/h7,9-10,13H,1,4-6H2,2-3H3/t9-,10-/m1/s1. The van der Waals surface area contributed by atoms with E-state index < -0.39 is 6.10 Å². The molecule has 0 bridgehead atoms. The van der Waals surface area contributed by atoms with E-state index in [1.54, 1.807) is 0 Å². The molecular weight excluding hydrogens is 180 g/mol. The lowest BCUT2D eigenvalue weighted by Gasteiger charge is -2.41. The van der Waals surface area contributed by atoms with Crippen molar-refractivity contribution in [3.63, 3.8) is 0 Å². The smallest absolute Gasteiger partial charge is 0.293 e. The van der Waals surface area contributed by atoms with Gasteiger partial charge in [-0.05, 0) is 23.8 Å². The summed E-state index contributed by atoms with van der Waals surface area (Å²) < 4.78 is 4.77. The number of aliphatic hydroxyl groups is 1. The molecule has 1 rings (SSSR count). The van der Waals surface area contributed by atoms with Gasteiger partial charge < -0.3 is 9.84 Å². The Labute approximate surface area is 84.8 Å². The molecule has 1 aliphatic carbocycles. The Hall–Kier alpha value is -0.830. The Morgan fingerprint density at radius 2 is 2.36 bits per heavy atom. The van der Waals surface area contributed by atoms with Crippen LogP contribution in [0.5, 0.6) is 0 Å². The van der Waals surface area contributed by atoms with E-state index in [4.69, 9.17) is 4.74 Å². The molecule has 0 aromatic rings. The summed E-state index contributed by atoms with van der Waals surface area (Å²) in [5.41, 5.74) is 0.849. The van der Waals surface area contributed by atoms with Crippen molar-refractivity contribution in [2.24, 2.45) is 11.3 Å². The third-order valence-corrected chi connectivity index (χ3v) is 3.21. The van der Waals surface area contributed by atoms with Crippen LogP contribution < -0.4 is 0 Å². The van der Waals surface area contributed by atoms with Crippen molar-refractivity contribution in [1.82, 2.24) is 0 Å². The second-order valence-electron chi connectivity index (χ2n) is 4.60. The zero-order chi connectivity index (χ0) is 10.8. The molecule has 2 atom stereocenters. The number of hydrogen-bond donors (Lipinski definition) is 1. The summed E-state index contributed by atoms with van der Waals surface area (Å²) in [7, 11) is 0. The fraction of sp³-hybridized carbons (Fsp3) is 0.727. The lowest BCUT2D eigenvalue weighted by molar-refractivity contribution is -0.131. The minimum Gasteiger partial charge on any atom is -0.467 e. The third-order valence-electron chi connectivity index (χ3n) is 3.21. The monoisotopic (exact) mass is 198 g/mol. The zero-order valence-corrected chi connectivity index (χ0v) is 8.82.